The number of amides is 2. The fraction of sp³-hybridized carbons (Fsp3) is 0.632. The number of hydrogen-bond acceptors (Lipinski definition) is 1. The highest BCUT2D eigenvalue weighted by molar-refractivity contribution is 5.72. The zero-order chi connectivity index (χ0) is 16.4. The second-order valence-electron chi connectivity index (χ2n) is 6.73. The Labute approximate surface area is 135 Å². The van der Waals surface area contributed by atoms with Crippen molar-refractivity contribution >= 4 is 6.03 Å². The van der Waals surface area contributed by atoms with Crippen LogP contribution in [0, 0.1) is 0 Å². The molecule has 1 rings (SSSR count). The normalized spacial score (nSPS) is 12.9. The average molecular weight is 304 g/mol. The zero-order valence-corrected chi connectivity index (χ0v) is 14.4. The summed E-state index contributed by atoms with van der Waals surface area (Å²) >= 11 is 0. The topological polar surface area (TPSA) is 55.1 Å². The molecule has 124 valence electrons. The second kappa shape index (κ2) is 9.50. The summed E-state index contributed by atoms with van der Waals surface area (Å²) in [6, 6.07) is 9.99. The van der Waals surface area contributed by atoms with Gasteiger partial charge in [0.15, 0.2) is 0 Å². The number of nitrogens with one attached hydrogen (secondary N) is 1. The number of carbonyl (C=O) groups excluding carboxylic acids is 1. The van der Waals surface area contributed by atoms with E-state index >= 15 is 0 Å². The maximum atomic E-state index is 11.3. The van der Waals surface area contributed by atoms with Gasteiger partial charge in [0.05, 0.1) is 0 Å². The van der Waals surface area contributed by atoms with Gasteiger partial charge in [0.2, 0.25) is 0 Å². The molecule has 0 fully saturated rings. The highest BCUT2D eigenvalue weighted by Crippen LogP contribution is 2.33. The number of primary amides is 1. The third kappa shape index (κ3) is 6.50. The van der Waals surface area contributed by atoms with E-state index in [0.29, 0.717) is 0 Å². The van der Waals surface area contributed by atoms with Crippen molar-refractivity contribution in [2.24, 2.45) is 5.73 Å². The van der Waals surface area contributed by atoms with E-state index in [4.69, 9.17) is 5.73 Å². The molecule has 22 heavy (non-hydrogen) atoms. The van der Waals surface area contributed by atoms with E-state index < -0.39 is 6.03 Å². The maximum Gasteiger partial charge on any atom is 0.312 e. The monoisotopic (exact) mass is 304 g/mol. The predicted molar refractivity (Wildman–Crippen MR) is 94.0 cm³/mol. The molecule has 0 saturated heterocycles. The number of carbonyl (C=O) groups is 1. The van der Waals surface area contributed by atoms with Crippen molar-refractivity contribution in [1.29, 1.82) is 0 Å². The standard InChI is InChI=1S/C19H32N2O/c1-4-5-6-7-8-12-15-17(16-13-10-9-11-14-16)19(2,3)21-18(20)22/h9-11,13-14,17H,4-8,12,15H2,1-3H3,(H3,20,21,22). The minimum atomic E-state index is -0.450. The van der Waals surface area contributed by atoms with Crippen LogP contribution in [0.3, 0.4) is 0 Å². The largest absolute Gasteiger partial charge is 0.352 e. The van der Waals surface area contributed by atoms with Gasteiger partial charge in [-0.25, -0.2) is 4.79 Å². The first-order chi connectivity index (χ1) is 10.5. The summed E-state index contributed by atoms with van der Waals surface area (Å²) in [6.07, 6.45) is 8.76. The Morgan fingerprint density at radius 2 is 1.68 bits per heavy atom. The summed E-state index contributed by atoms with van der Waals surface area (Å²) in [6.45, 7) is 6.36. The van der Waals surface area contributed by atoms with Gasteiger partial charge in [-0.15, -0.1) is 0 Å². The van der Waals surface area contributed by atoms with Crippen LogP contribution >= 0.6 is 0 Å². The maximum absolute atomic E-state index is 11.3. The van der Waals surface area contributed by atoms with E-state index in [-0.39, 0.29) is 11.5 Å². The lowest BCUT2D eigenvalue weighted by molar-refractivity contribution is 0.229. The molecular weight excluding hydrogens is 272 g/mol. The van der Waals surface area contributed by atoms with Crippen LogP contribution in [-0.2, 0) is 0 Å². The predicted octanol–water partition coefficient (Wildman–Crippen LogP) is 4.97. The van der Waals surface area contributed by atoms with Gasteiger partial charge in [0.25, 0.3) is 0 Å². The van der Waals surface area contributed by atoms with Crippen molar-refractivity contribution in [3.63, 3.8) is 0 Å². The van der Waals surface area contributed by atoms with Crippen LogP contribution in [-0.4, -0.2) is 11.6 Å². The molecule has 0 radical (unpaired) electrons. The lowest BCUT2D eigenvalue weighted by Crippen LogP contribution is -2.50. The molecule has 1 atom stereocenters. The Balaban J connectivity index is 2.65. The van der Waals surface area contributed by atoms with Gasteiger partial charge in [-0.05, 0) is 25.8 Å². The number of nitrogens with two attached hydrogens (primary N) is 1. The minimum Gasteiger partial charge on any atom is -0.352 e. The highest BCUT2D eigenvalue weighted by atomic mass is 16.2. The molecule has 1 aromatic carbocycles. The van der Waals surface area contributed by atoms with Crippen LogP contribution in [0.4, 0.5) is 4.79 Å². The van der Waals surface area contributed by atoms with Crippen LogP contribution in [0.15, 0.2) is 30.3 Å². The lowest BCUT2D eigenvalue weighted by atomic mass is 9.78. The van der Waals surface area contributed by atoms with E-state index in [9.17, 15) is 4.79 Å². The molecule has 0 spiro atoms. The SMILES string of the molecule is CCCCCCCCC(c1ccccc1)C(C)(C)NC(N)=O. The summed E-state index contributed by atoms with van der Waals surface area (Å²) in [7, 11) is 0. The second-order valence-corrected chi connectivity index (χ2v) is 6.73. The molecule has 0 bridgehead atoms. The third-order valence-corrected chi connectivity index (χ3v) is 4.36. The first-order valence-electron chi connectivity index (χ1n) is 8.60. The number of rotatable bonds is 10. The van der Waals surface area contributed by atoms with Gasteiger partial charge in [0, 0.05) is 11.5 Å². The number of benzene rings is 1. The van der Waals surface area contributed by atoms with E-state index in [1.807, 2.05) is 6.07 Å². The summed E-state index contributed by atoms with van der Waals surface area (Å²) in [5, 5.41) is 2.92. The highest BCUT2D eigenvalue weighted by Gasteiger charge is 2.31. The Morgan fingerprint density at radius 1 is 1.09 bits per heavy atom. The van der Waals surface area contributed by atoms with Gasteiger partial charge in [-0.1, -0.05) is 75.8 Å². The van der Waals surface area contributed by atoms with Crippen molar-refractivity contribution < 1.29 is 4.79 Å². The van der Waals surface area contributed by atoms with E-state index in [1.54, 1.807) is 0 Å². The summed E-state index contributed by atoms with van der Waals surface area (Å²) in [4.78, 5) is 11.3. The molecule has 0 heterocycles. The van der Waals surface area contributed by atoms with E-state index in [0.717, 1.165) is 6.42 Å². The molecule has 3 nitrogen and oxygen atoms in total. The molecule has 0 aliphatic heterocycles. The minimum absolute atomic E-state index is 0.285. The molecule has 0 aromatic heterocycles. The molecule has 0 saturated carbocycles. The van der Waals surface area contributed by atoms with Crippen molar-refractivity contribution in [1.82, 2.24) is 5.32 Å². The third-order valence-electron chi connectivity index (χ3n) is 4.36. The molecule has 3 heteroatoms. The van der Waals surface area contributed by atoms with Crippen molar-refractivity contribution in [3.05, 3.63) is 35.9 Å². The van der Waals surface area contributed by atoms with E-state index in [1.165, 1.54) is 44.1 Å². The fourth-order valence-electron chi connectivity index (χ4n) is 3.16. The molecule has 2 amide bonds. The number of unbranched alkanes of at least 4 members (excludes halogenated alkanes) is 5. The number of hydrogen-bond donors (Lipinski definition) is 2. The lowest BCUT2D eigenvalue weighted by Gasteiger charge is -2.35. The molecule has 0 aliphatic carbocycles. The summed E-state index contributed by atoms with van der Waals surface area (Å²) in [5.41, 5.74) is 6.29. The molecule has 3 N–H and O–H groups in total. The quantitative estimate of drug-likeness (QED) is 0.589. The van der Waals surface area contributed by atoms with Crippen LogP contribution in [0.25, 0.3) is 0 Å². The van der Waals surface area contributed by atoms with Crippen LogP contribution in [0.2, 0.25) is 0 Å². The van der Waals surface area contributed by atoms with Crippen LogP contribution in [0.1, 0.15) is 77.2 Å². The fourth-order valence-corrected chi connectivity index (χ4v) is 3.16. The first-order valence-corrected chi connectivity index (χ1v) is 8.60. The van der Waals surface area contributed by atoms with Crippen LogP contribution in [0.5, 0.6) is 0 Å². The molecule has 1 unspecified atom stereocenters. The van der Waals surface area contributed by atoms with Gasteiger partial charge in [0.1, 0.15) is 0 Å². The van der Waals surface area contributed by atoms with Crippen molar-refractivity contribution in [3.8, 4) is 0 Å². The van der Waals surface area contributed by atoms with Gasteiger partial charge in [-0.2, -0.15) is 0 Å². The van der Waals surface area contributed by atoms with Gasteiger partial charge >= 0.3 is 6.03 Å². The summed E-state index contributed by atoms with van der Waals surface area (Å²) in [5.74, 6) is 0.285. The van der Waals surface area contributed by atoms with Gasteiger partial charge in [-0.3, -0.25) is 0 Å². The Hall–Kier alpha value is -1.51. The zero-order valence-electron chi connectivity index (χ0n) is 14.4. The average Bonchev–Trinajstić information content (AvgIpc) is 2.45. The molecule has 1 aromatic rings. The van der Waals surface area contributed by atoms with Crippen molar-refractivity contribution in [2.45, 2.75) is 77.2 Å². The van der Waals surface area contributed by atoms with Crippen LogP contribution < -0.4 is 11.1 Å². The van der Waals surface area contributed by atoms with E-state index in [2.05, 4.69) is 50.4 Å². The Bertz CT molecular complexity index is 428. The Kier molecular flexibility index (Phi) is 8.00. The van der Waals surface area contributed by atoms with Crippen molar-refractivity contribution in [2.75, 3.05) is 0 Å². The molecule has 0 aliphatic rings. The molecular formula is C19H32N2O. The smallest absolute Gasteiger partial charge is 0.312 e. The van der Waals surface area contributed by atoms with Gasteiger partial charge < -0.3 is 11.1 Å². The Morgan fingerprint density at radius 3 is 2.27 bits per heavy atom. The summed E-state index contributed by atoms with van der Waals surface area (Å²) < 4.78 is 0. The number of urea groups is 1. The first kappa shape index (κ1) is 18.5.